The summed E-state index contributed by atoms with van der Waals surface area (Å²) in [5.41, 5.74) is 0. The Morgan fingerprint density at radius 2 is 1.77 bits per heavy atom. The number of hydrogen-bond acceptors (Lipinski definition) is 3. The van der Waals surface area contributed by atoms with Crippen LogP contribution in [0.25, 0.3) is 0 Å². The van der Waals surface area contributed by atoms with Gasteiger partial charge in [0.1, 0.15) is 4.32 Å². The highest BCUT2D eigenvalue weighted by molar-refractivity contribution is 8.10. The van der Waals surface area contributed by atoms with E-state index in [9.17, 15) is 0 Å². The molecule has 2 saturated heterocycles. The Balaban J connectivity index is 1.91. The number of piperidine rings is 1. The van der Waals surface area contributed by atoms with E-state index in [1.807, 2.05) is 0 Å². The monoisotopic (exact) mass is 219 g/mol. The van der Waals surface area contributed by atoms with E-state index >= 15 is 0 Å². The third-order valence-corrected chi connectivity index (χ3v) is 3.15. The van der Waals surface area contributed by atoms with Gasteiger partial charge < -0.3 is 14.4 Å². The van der Waals surface area contributed by atoms with Crippen molar-refractivity contribution < 1.29 is 9.47 Å². The van der Waals surface area contributed by atoms with Gasteiger partial charge in [-0.25, -0.2) is 0 Å². The first-order valence-corrected chi connectivity index (χ1v) is 5.33. The summed E-state index contributed by atoms with van der Waals surface area (Å²) >= 11 is 9.13. The van der Waals surface area contributed by atoms with E-state index in [-0.39, 0.29) is 5.79 Å². The molecule has 0 amide bonds. The number of thiol groups is 1. The molecule has 0 aromatic rings. The Hall–Kier alpha value is 0.160. The standard InChI is InChI=1S/C8H13NO2S2/c12-7(13)9-3-1-8(2-4-9)10-5-6-11-8/h1-6H2,(H,12,13). The first-order valence-electron chi connectivity index (χ1n) is 4.48. The molecule has 3 nitrogen and oxygen atoms in total. The van der Waals surface area contributed by atoms with Crippen molar-refractivity contribution >= 4 is 29.2 Å². The number of likely N-dealkylation sites (tertiary alicyclic amines) is 1. The van der Waals surface area contributed by atoms with E-state index in [1.165, 1.54) is 0 Å². The maximum absolute atomic E-state index is 5.59. The highest BCUT2D eigenvalue weighted by Crippen LogP contribution is 2.31. The number of ether oxygens (including phenoxy) is 2. The van der Waals surface area contributed by atoms with Crippen LogP contribution in [0.3, 0.4) is 0 Å². The zero-order valence-corrected chi connectivity index (χ0v) is 9.07. The van der Waals surface area contributed by atoms with Crippen LogP contribution < -0.4 is 0 Å². The summed E-state index contributed by atoms with van der Waals surface area (Å²) in [5.74, 6) is -0.297. The van der Waals surface area contributed by atoms with Crippen LogP contribution in [0, 0.1) is 0 Å². The lowest BCUT2D eigenvalue weighted by Gasteiger charge is -2.37. The Morgan fingerprint density at radius 1 is 1.23 bits per heavy atom. The lowest BCUT2D eigenvalue weighted by atomic mass is 10.0. The zero-order valence-electron chi connectivity index (χ0n) is 7.36. The van der Waals surface area contributed by atoms with Gasteiger partial charge in [0.15, 0.2) is 5.79 Å². The van der Waals surface area contributed by atoms with Gasteiger partial charge in [0, 0.05) is 25.9 Å². The van der Waals surface area contributed by atoms with Gasteiger partial charge in [-0.3, -0.25) is 0 Å². The Bertz CT molecular complexity index is 206. The van der Waals surface area contributed by atoms with Crippen molar-refractivity contribution in [1.29, 1.82) is 0 Å². The van der Waals surface area contributed by atoms with Crippen LogP contribution in [0.1, 0.15) is 12.8 Å². The van der Waals surface area contributed by atoms with Crippen molar-refractivity contribution in [3.05, 3.63) is 0 Å². The molecule has 0 radical (unpaired) electrons. The predicted molar refractivity (Wildman–Crippen MR) is 57.0 cm³/mol. The lowest BCUT2D eigenvalue weighted by Crippen LogP contribution is -2.45. The molecular weight excluding hydrogens is 206 g/mol. The zero-order chi connectivity index (χ0) is 9.31. The summed E-state index contributed by atoms with van der Waals surface area (Å²) in [4.78, 5) is 2.08. The fourth-order valence-corrected chi connectivity index (χ4v) is 2.21. The molecule has 74 valence electrons. The molecular formula is C8H13NO2S2. The third-order valence-electron chi connectivity index (χ3n) is 2.61. The molecule has 2 fully saturated rings. The van der Waals surface area contributed by atoms with Crippen LogP contribution >= 0.6 is 24.8 Å². The first-order chi connectivity index (χ1) is 6.22. The second-order valence-corrected chi connectivity index (χ2v) is 4.49. The minimum atomic E-state index is -0.297. The van der Waals surface area contributed by atoms with Gasteiger partial charge in [0.25, 0.3) is 0 Å². The minimum Gasteiger partial charge on any atom is -0.357 e. The molecule has 0 aromatic carbocycles. The van der Waals surface area contributed by atoms with E-state index in [2.05, 4.69) is 17.5 Å². The Labute approximate surface area is 88.8 Å². The normalized spacial score (nSPS) is 26.7. The summed E-state index contributed by atoms with van der Waals surface area (Å²) in [6, 6.07) is 0. The smallest absolute Gasteiger partial charge is 0.171 e. The molecule has 0 saturated carbocycles. The van der Waals surface area contributed by atoms with E-state index in [4.69, 9.17) is 21.7 Å². The second-order valence-electron chi connectivity index (χ2n) is 3.38. The molecule has 2 aliphatic rings. The van der Waals surface area contributed by atoms with Gasteiger partial charge >= 0.3 is 0 Å². The molecule has 0 atom stereocenters. The fourth-order valence-electron chi connectivity index (χ4n) is 1.82. The van der Waals surface area contributed by atoms with Gasteiger partial charge in [-0.15, -0.1) is 12.6 Å². The largest absolute Gasteiger partial charge is 0.357 e. The van der Waals surface area contributed by atoms with Crippen LogP contribution in [0.4, 0.5) is 0 Å². The maximum atomic E-state index is 5.59. The quantitative estimate of drug-likeness (QED) is 0.485. The van der Waals surface area contributed by atoms with E-state index < -0.39 is 0 Å². The third kappa shape index (κ3) is 1.98. The maximum Gasteiger partial charge on any atom is 0.171 e. The Kier molecular flexibility index (Phi) is 2.78. The Morgan fingerprint density at radius 3 is 2.23 bits per heavy atom. The topological polar surface area (TPSA) is 21.7 Å². The van der Waals surface area contributed by atoms with Crippen molar-refractivity contribution in [1.82, 2.24) is 4.90 Å². The van der Waals surface area contributed by atoms with Crippen LogP contribution in [0.15, 0.2) is 0 Å². The molecule has 13 heavy (non-hydrogen) atoms. The molecule has 1 spiro atoms. The minimum absolute atomic E-state index is 0.297. The summed E-state index contributed by atoms with van der Waals surface area (Å²) in [5, 5.41) is 0. The molecule has 0 N–H and O–H groups in total. The van der Waals surface area contributed by atoms with Gasteiger partial charge in [-0.05, 0) is 0 Å². The highest BCUT2D eigenvalue weighted by atomic mass is 32.1. The van der Waals surface area contributed by atoms with Crippen molar-refractivity contribution in [3.8, 4) is 0 Å². The SMILES string of the molecule is S=C(S)N1CCC2(CC1)OCCO2. The molecule has 2 heterocycles. The van der Waals surface area contributed by atoms with Crippen LogP contribution in [-0.4, -0.2) is 41.3 Å². The molecule has 0 unspecified atom stereocenters. The van der Waals surface area contributed by atoms with Gasteiger partial charge in [0.05, 0.1) is 13.2 Å². The molecule has 0 aromatic heterocycles. The highest BCUT2D eigenvalue weighted by Gasteiger charge is 2.39. The summed E-state index contributed by atoms with van der Waals surface area (Å²) < 4.78 is 11.9. The van der Waals surface area contributed by atoms with Gasteiger partial charge in [-0.1, -0.05) is 12.2 Å². The predicted octanol–water partition coefficient (Wildman–Crippen LogP) is 1.04. The summed E-state index contributed by atoms with van der Waals surface area (Å²) in [6.07, 6.45) is 1.79. The molecule has 2 rings (SSSR count). The van der Waals surface area contributed by atoms with Crippen LogP contribution in [0.5, 0.6) is 0 Å². The van der Waals surface area contributed by atoms with Crippen LogP contribution in [-0.2, 0) is 9.47 Å². The van der Waals surface area contributed by atoms with E-state index in [0.29, 0.717) is 4.32 Å². The molecule has 0 aliphatic carbocycles. The van der Waals surface area contributed by atoms with Crippen molar-refractivity contribution in [2.75, 3.05) is 26.3 Å². The van der Waals surface area contributed by atoms with Gasteiger partial charge in [0.2, 0.25) is 0 Å². The van der Waals surface area contributed by atoms with Crippen LogP contribution in [0.2, 0.25) is 0 Å². The average molecular weight is 219 g/mol. The number of hydrogen-bond donors (Lipinski definition) is 1. The molecule has 5 heteroatoms. The van der Waals surface area contributed by atoms with Crippen molar-refractivity contribution in [2.24, 2.45) is 0 Å². The van der Waals surface area contributed by atoms with E-state index in [1.54, 1.807) is 0 Å². The van der Waals surface area contributed by atoms with Gasteiger partial charge in [-0.2, -0.15) is 0 Å². The lowest BCUT2D eigenvalue weighted by molar-refractivity contribution is -0.180. The molecule has 2 aliphatic heterocycles. The number of nitrogens with zero attached hydrogens (tertiary/aromatic N) is 1. The fraction of sp³-hybridized carbons (Fsp3) is 0.875. The summed E-state index contributed by atoms with van der Waals surface area (Å²) in [6.45, 7) is 3.24. The number of thiocarbonyl (C=S) groups is 1. The first kappa shape index (κ1) is 9.71. The summed E-state index contributed by atoms with van der Waals surface area (Å²) in [7, 11) is 0. The van der Waals surface area contributed by atoms with E-state index in [0.717, 1.165) is 39.1 Å². The van der Waals surface area contributed by atoms with Crippen molar-refractivity contribution in [3.63, 3.8) is 0 Å². The number of rotatable bonds is 0. The average Bonchev–Trinajstić information content (AvgIpc) is 2.54. The second kappa shape index (κ2) is 3.73. The van der Waals surface area contributed by atoms with Crippen molar-refractivity contribution in [2.45, 2.75) is 18.6 Å². The molecule has 0 bridgehead atoms.